The number of carbonyl (C=O) groups excluding carboxylic acids is 2. The van der Waals surface area contributed by atoms with Crippen LogP contribution in [0.4, 0.5) is 0 Å². The van der Waals surface area contributed by atoms with Crippen molar-refractivity contribution in [3.63, 3.8) is 0 Å². The van der Waals surface area contributed by atoms with Gasteiger partial charge in [0.2, 0.25) is 21.8 Å². The molecule has 1 aromatic carbocycles. The van der Waals surface area contributed by atoms with E-state index in [0.717, 1.165) is 0 Å². The Morgan fingerprint density at radius 1 is 1.04 bits per heavy atom. The SMILES string of the molecule is CC(=O)N1CCN(C(=O)CCNS(=O)(=O)c2ccccc2)CC1. The molecule has 2 rings (SSSR count). The summed E-state index contributed by atoms with van der Waals surface area (Å²) in [5.74, 6) is -0.100. The Morgan fingerprint density at radius 3 is 2.17 bits per heavy atom. The summed E-state index contributed by atoms with van der Waals surface area (Å²) in [6, 6.07) is 8.04. The summed E-state index contributed by atoms with van der Waals surface area (Å²) in [5.41, 5.74) is 0. The van der Waals surface area contributed by atoms with Crippen LogP contribution in [0.5, 0.6) is 0 Å². The fourth-order valence-electron chi connectivity index (χ4n) is 2.40. The highest BCUT2D eigenvalue weighted by Gasteiger charge is 2.22. The molecule has 23 heavy (non-hydrogen) atoms. The lowest BCUT2D eigenvalue weighted by Crippen LogP contribution is -2.50. The van der Waals surface area contributed by atoms with Gasteiger partial charge in [-0.15, -0.1) is 0 Å². The van der Waals surface area contributed by atoms with Crippen molar-refractivity contribution < 1.29 is 18.0 Å². The number of sulfonamides is 1. The van der Waals surface area contributed by atoms with Crippen molar-refractivity contribution in [2.24, 2.45) is 0 Å². The lowest BCUT2D eigenvalue weighted by molar-refractivity contribution is -0.138. The van der Waals surface area contributed by atoms with Crippen LogP contribution in [0, 0.1) is 0 Å². The third-order valence-electron chi connectivity index (χ3n) is 3.76. The molecule has 1 aromatic rings. The van der Waals surface area contributed by atoms with Crippen molar-refractivity contribution in [2.75, 3.05) is 32.7 Å². The highest BCUT2D eigenvalue weighted by Crippen LogP contribution is 2.08. The van der Waals surface area contributed by atoms with Crippen molar-refractivity contribution in [2.45, 2.75) is 18.2 Å². The van der Waals surface area contributed by atoms with E-state index in [1.54, 1.807) is 28.0 Å². The van der Waals surface area contributed by atoms with Gasteiger partial charge in [0.25, 0.3) is 0 Å². The zero-order valence-electron chi connectivity index (χ0n) is 13.1. The highest BCUT2D eigenvalue weighted by molar-refractivity contribution is 7.89. The molecule has 1 saturated heterocycles. The number of amides is 2. The van der Waals surface area contributed by atoms with Crippen molar-refractivity contribution in [1.82, 2.24) is 14.5 Å². The predicted octanol–water partition coefficient (Wildman–Crippen LogP) is 0.0457. The van der Waals surface area contributed by atoms with Gasteiger partial charge in [0.1, 0.15) is 0 Å². The second-order valence-electron chi connectivity index (χ2n) is 5.35. The summed E-state index contributed by atoms with van der Waals surface area (Å²) < 4.78 is 26.5. The van der Waals surface area contributed by atoms with E-state index in [2.05, 4.69) is 4.72 Å². The first-order chi connectivity index (χ1) is 10.9. The second kappa shape index (κ2) is 7.56. The van der Waals surface area contributed by atoms with Crippen molar-refractivity contribution in [1.29, 1.82) is 0 Å². The van der Waals surface area contributed by atoms with Crippen molar-refractivity contribution in [3.05, 3.63) is 30.3 Å². The molecule has 2 amide bonds. The highest BCUT2D eigenvalue weighted by atomic mass is 32.2. The molecule has 1 aliphatic heterocycles. The van der Waals surface area contributed by atoms with Gasteiger partial charge in [0.15, 0.2) is 0 Å². The summed E-state index contributed by atoms with van der Waals surface area (Å²) in [4.78, 5) is 26.9. The van der Waals surface area contributed by atoms with Gasteiger partial charge in [-0.25, -0.2) is 13.1 Å². The van der Waals surface area contributed by atoms with Gasteiger partial charge in [-0.3, -0.25) is 9.59 Å². The maximum Gasteiger partial charge on any atom is 0.240 e. The van der Waals surface area contributed by atoms with Crippen LogP contribution < -0.4 is 4.72 Å². The molecule has 0 atom stereocenters. The minimum atomic E-state index is -3.58. The van der Waals surface area contributed by atoms with Gasteiger partial charge in [-0.05, 0) is 12.1 Å². The number of nitrogens with zero attached hydrogens (tertiary/aromatic N) is 2. The first-order valence-electron chi connectivity index (χ1n) is 7.48. The van der Waals surface area contributed by atoms with Crippen LogP contribution in [0.3, 0.4) is 0 Å². The Labute approximate surface area is 136 Å². The quantitative estimate of drug-likeness (QED) is 0.821. The van der Waals surface area contributed by atoms with Crippen LogP contribution in [0.15, 0.2) is 35.2 Å². The van der Waals surface area contributed by atoms with E-state index in [0.29, 0.717) is 26.2 Å². The zero-order valence-corrected chi connectivity index (χ0v) is 13.9. The molecule has 1 heterocycles. The smallest absolute Gasteiger partial charge is 0.240 e. The van der Waals surface area contributed by atoms with E-state index in [9.17, 15) is 18.0 Å². The summed E-state index contributed by atoms with van der Waals surface area (Å²) in [6.07, 6.45) is 0.103. The topological polar surface area (TPSA) is 86.8 Å². The number of hydrogen-bond acceptors (Lipinski definition) is 4. The summed E-state index contributed by atoms with van der Waals surface area (Å²) in [6.45, 7) is 3.60. The molecule has 0 aliphatic carbocycles. The Balaban J connectivity index is 1.78. The third-order valence-corrected chi connectivity index (χ3v) is 5.24. The van der Waals surface area contributed by atoms with Crippen LogP contribution >= 0.6 is 0 Å². The second-order valence-corrected chi connectivity index (χ2v) is 7.11. The molecule has 0 radical (unpaired) electrons. The summed E-state index contributed by atoms with van der Waals surface area (Å²) in [5, 5.41) is 0. The van der Waals surface area contributed by atoms with Crippen LogP contribution in [0.1, 0.15) is 13.3 Å². The summed E-state index contributed by atoms with van der Waals surface area (Å²) in [7, 11) is -3.58. The first-order valence-corrected chi connectivity index (χ1v) is 8.96. The molecular formula is C15H21N3O4S. The maximum absolute atomic E-state index is 12.1. The number of nitrogens with one attached hydrogen (secondary N) is 1. The maximum atomic E-state index is 12.1. The lowest BCUT2D eigenvalue weighted by Gasteiger charge is -2.34. The number of rotatable bonds is 5. The number of carbonyl (C=O) groups is 2. The molecule has 0 unspecified atom stereocenters. The van der Waals surface area contributed by atoms with Crippen LogP contribution in [0.25, 0.3) is 0 Å². The molecule has 1 N–H and O–H groups in total. The van der Waals surface area contributed by atoms with Crippen molar-refractivity contribution in [3.8, 4) is 0 Å². The van der Waals surface area contributed by atoms with Gasteiger partial charge < -0.3 is 9.80 Å². The Morgan fingerprint density at radius 2 is 1.61 bits per heavy atom. The molecule has 126 valence electrons. The minimum absolute atomic E-state index is 0.00715. The van der Waals surface area contributed by atoms with E-state index in [1.807, 2.05) is 0 Å². The molecule has 1 aliphatic rings. The van der Waals surface area contributed by atoms with Gasteiger partial charge in [0, 0.05) is 46.1 Å². The molecule has 1 fully saturated rings. The first kappa shape index (κ1) is 17.4. The fourth-order valence-corrected chi connectivity index (χ4v) is 3.46. The molecule has 0 spiro atoms. The van der Waals surface area contributed by atoms with Crippen LogP contribution in [-0.2, 0) is 19.6 Å². The predicted molar refractivity (Wildman–Crippen MR) is 85.1 cm³/mol. The van der Waals surface area contributed by atoms with Gasteiger partial charge in [-0.1, -0.05) is 18.2 Å². The molecule has 7 nitrogen and oxygen atoms in total. The summed E-state index contributed by atoms with van der Waals surface area (Å²) >= 11 is 0. The van der Waals surface area contributed by atoms with Gasteiger partial charge >= 0.3 is 0 Å². The van der Waals surface area contributed by atoms with E-state index in [1.165, 1.54) is 19.1 Å². The number of piperazine rings is 1. The van der Waals surface area contributed by atoms with Crippen LogP contribution in [-0.4, -0.2) is 62.8 Å². The average Bonchev–Trinajstić information content (AvgIpc) is 2.55. The molecule has 0 saturated carbocycles. The molecule has 8 heteroatoms. The van der Waals surface area contributed by atoms with Gasteiger partial charge in [-0.2, -0.15) is 0 Å². The van der Waals surface area contributed by atoms with E-state index in [4.69, 9.17) is 0 Å². The van der Waals surface area contributed by atoms with E-state index in [-0.39, 0.29) is 29.7 Å². The largest absolute Gasteiger partial charge is 0.339 e. The monoisotopic (exact) mass is 339 g/mol. The Kier molecular flexibility index (Phi) is 5.73. The van der Waals surface area contributed by atoms with Crippen LogP contribution in [0.2, 0.25) is 0 Å². The lowest BCUT2D eigenvalue weighted by atomic mass is 10.3. The van der Waals surface area contributed by atoms with Gasteiger partial charge in [0.05, 0.1) is 4.90 Å². The van der Waals surface area contributed by atoms with Crippen molar-refractivity contribution >= 4 is 21.8 Å². The normalized spacial score (nSPS) is 15.5. The van der Waals surface area contributed by atoms with E-state index < -0.39 is 10.0 Å². The van der Waals surface area contributed by atoms with E-state index >= 15 is 0 Å². The Hall–Kier alpha value is -1.93. The average molecular weight is 339 g/mol. The molecule has 0 bridgehead atoms. The number of benzene rings is 1. The number of hydrogen-bond donors (Lipinski definition) is 1. The third kappa shape index (κ3) is 4.77. The molecule has 0 aromatic heterocycles. The minimum Gasteiger partial charge on any atom is -0.339 e. The standard InChI is InChI=1S/C15H21N3O4S/c1-13(19)17-9-11-18(12-10-17)15(20)7-8-16-23(21,22)14-5-3-2-4-6-14/h2-6,16H,7-12H2,1H3. The fraction of sp³-hybridized carbons (Fsp3) is 0.467. The Bertz CT molecular complexity index is 653. The molecular weight excluding hydrogens is 318 g/mol. The zero-order chi connectivity index (χ0) is 16.9.